The number of likely N-dealkylation sites (tertiary alicyclic amines) is 1. The zero-order chi connectivity index (χ0) is 23.9. The summed E-state index contributed by atoms with van der Waals surface area (Å²) in [7, 11) is 0. The van der Waals surface area contributed by atoms with Gasteiger partial charge in [0.15, 0.2) is 0 Å². The van der Waals surface area contributed by atoms with Crippen LogP contribution in [0.15, 0.2) is 89.9 Å². The summed E-state index contributed by atoms with van der Waals surface area (Å²) >= 11 is 0. The number of hydrogen-bond donors (Lipinski definition) is 1. The third kappa shape index (κ3) is 6.65. The average Bonchev–Trinajstić information content (AvgIpc) is 3.32. The molecule has 7 heteroatoms. The zero-order valence-electron chi connectivity index (χ0n) is 19.5. The van der Waals surface area contributed by atoms with Crippen LogP contribution in [0.1, 0.15) is 36.5 Å². The van der Waals surface area contributed by atoms with Crippen molar-refractivity contribution in [3.63, 3.8) is 0 Å². The van der Waals surface area contributed by atoms with Crippen LogP contribution in [0.25, 0.3) is 5.32 Å². The van der Waals surface area contributed by atoms with Gasteiger partial charge in [-0.15, -0.1) is 5.69 Å². The number of carbonyl (C=O) groups is 2. The SMILES string of the molecule is C[C@@H](N=C(c1ccccc1)c1ccccc1[N-]C(=O)[C@H]1CCCN1Cc1ccccc1)C(=O)O.[Ni+2]. The first-order valence-corrected chi connectivity index (χ1v) is 11.5. The van der Waals surface area contributed by atoms with Crippen molar-refractivity contribution in [1.82, 2.24) is 4.90 Å². The molecule has 0 unspecified atom stereocenters. The standard InChI is InChI=1S/C28H29N3O3.Ni/c1-20(28(33)34)29-26(22-13-6-3-7-14-22)23-15-8-9-16-24(23)30-27(32)25-17-10-18-31(25)19-21-11-4-2-5-12-21;/h2-9,11-16,20,25H,10,17-19H2,1H3,(H2,29,30,32,33,34);/q;+2/p-1/t20-,25-;/m1./s1. The Labute approximate surface area is 216 Å². The fourth-order valence-electron chi connectivity index (χ4n) is 4.22. The van der Waals surface area contributed by atoms with Crippen molar-refractivity contribution in [2.24, 2.45) is 4.99 Å². The van der Waals surface area contributed by atoms with Crippen LogP contribution in [0.3, 0.4) is 0 Å². The molecule has 1 N–H and O–H groups in total. The van der Waals surface area contributed by atoms with Crippen molar-refractivity contribution < 1.29 is 31.2 Å². The van der Waals surface area contributed by atoms with Gasteiger partial charge in [-0.25, -0.2) is 4.79 Å². The van der Waals surface area contributed by atoms with Crippen LogP contribution >= 0.6 is 0 Å². The van der Waals surface area contributed by atoms with Gasteiger partial charge >= 0.3 is 22.5 Å². The van der Waals surface area contributed by atoms with Crippen LogP contribution in [-0.4, -0.2) is 46.2 Å². The van der Waals surface area contributed by atoms with E-state index in [1.165, 1.54) is 12.5 Å². The molecule has 6 nitrogen and oxygen atoms in total. The molecule has 0 aromatic heterocycles. The summed E-state index contributed by atoms with van der Waals surface area (Å²) in [4.78, 5) is 31.5. The number of carboxylic acids is 1. The minimum absolute atomic E-state index is 0. The molecule has 1 saturated heterocycles. The van der Waals surface area contributed by atoms with Gasteiger partial charge in [0.2, 0.25) is 0 Å². The quantitative estimate of drug-likeness (QED) is 0.332. The molecule has 1 amide bonds. The van der Waals surface area contributed by atoms with E-state index in [4.69, 9.17) is 0 Å². The van der Waals surface area contributed by atoms with Gasteiger partial charge in [-0.05, 0) is 37.4 Å². The third-order valence-corrected chi connectivity index (χ3v) is 5.99. The Morgan fingerprint density at radius 2 is 1.63 bits per heavy atom. The summed E-state index contributed by atoms with van der Waals surface area (Å²) < 4.78 is 0. The van der Waals surface area contributed by atoms with Gasteiger partial charge in [0.1, 0.15) is 6.04 Å². The number of carbonyl (C=O) groups excluding carboxylic acids is 1. The molecule has 1 heterocycles. The van der Waals surface area contributed by atoms with Gasteiger partial charge in [-0.3, -0.25) is 9.89 Å². The molecule has 0 aliphatic carbocycles. The number of aliphatic imine (C=N–C) groups is 1. The molecule has 35 heavy (non-hydrogen) atoms. The molecular formula is C28H28N3NiO3+. The van der Waals surface area contributed by atoms with Crippen molar-refractivity contribution in [2.45, 2.75) is 38.4 Å². The number of benzene rings is 3. The fourth-order valence-corrected chi connectivity index (χ4v) is 4.22. The first-order chi connectivity index (χ1) is 16.5. The largest absolute Gasteiger partial charge is 2.00 e. The maximum absolute atomic E-state index is 13.3. The second kappa shape index (κ2) is 12.4. The Hall–Kier alpha value is -3.28. The van der Waals surface area contributed by atoms with Gasteiger partial charge in [0.05, 0.1) is 17.7 Å². The molecule has 0 bridgehead atoms. The number of carboxylic acid groups (broad SMARTS) is 1. The second-order valence-corrected chi connectivity index (χ2v) is 8.44. The fraction of sp³-hybridized carbons (Fsp3) is 0.250. The van der Waals surface area contributed by atoms with Crippen LogP contribution in [-0.2, 0) is 32.6 Å². The summed E-state index contributed by atoms with van der Waals surface area (Å²) in [6, 6.07) is 25.6. The van der Waals surface area contributed by atoms with Crippen molar-refractivity contribution in [3.05, 3.63) is 107 Å². The van der Waals surface area contributed by atoms with E-state index in [1.54, 1.807) is 6.07 Å². The van der Waals surface area contributed by atoms with Crippen molar-refractivity contribution in [1.29, 1.82) is 0 Å². The topological polar surface area (TPSA) is 84.1 Å². The second-order valence-electron chi connectivity index (χ2n) is 8.44. The van der Waals surface area contributed by atoms with E-state index < -0.39 is 12.0 Å². The number of aliphatic carboxylic acids is 1. The zero-order valence-corrected chi connectivity index (χ0v) is 20.5. The molecular weight excluding hydrogens is 485 g/mol. The minimum Gasteiger partial charge on any atom is -0.625 e. The summed E-state index contributed by atoms with van der Waals surface area (Å²) in [5.41, 5.74) is 3.60. The van der Waals surface area contributed by atoms with Gasteiger partial charge in [0, 0.05) is 12.1 Å². The van der Waals surface area contributed by atoms with E-state index in [0.29, 0.717) is 23.5 Å². The van der Waals surface area contributed by atoms with E-state index in [9.17, 15) is 14.7 Å². The van der Waals surface area contributed by atoms with Gasteiger partial charge in [0.25, 0.3) is 0 Å². The van der Waals surface area contributed by atoms with E-state index in [2.05, 4.69) is 27.3 Å². The Bertz CT molecular complexity index is 1170. The first-order valence-electron chi connectivity index (χ1n) is 11.5. The Kier molecular flexibility index (Phi) is 9.35. The number of nitrogens with zero attached hydrogens (tertiary/aromatic N) is 3. The molecule has 3 aromatic rings. The van der Waals surface area contributed by atoms with Gasteiger partial charge in [-0.2, -0.15) is 0 Å². The van der Waals surface area contributed by atoms with Crippen molar-refractivity contribution >= 4 is 23.3 Å². The summed E-state index contributed by atoms with van der Waals surface area (Å²) in [5, 5.41) is 14.0. The number of hydrogen-bond acceptors (Lipinski definition) is 4. The minimum atomic E-state index is -1.01. The monoisotopic (exact) mass is 512 g/mol. The smallest absolute Gasteiger partial charge is 0.625 e. The van der Waals surface area contributed by atoms with Gasteiger partial charge < -0.3 is 15.2 Å². The molecule has 1 fully saturated rings. The predicted octanol–water partition coefficient (Wildman–Crippen LogP) is 5.19. The molecule has 2 atom stereocenters. The van der Waals surface area contributed by atoms with Crippen LogP contribution in [0.5, 0.6) is 0 Å². The molecule has 0 radical (unpaired) electrons. The Morgan fingerprint density at radius 3 is 2.31 bits per heavy atom. The summed E-state index contributed by atoms with van der Waals surface area (Å²) in [5.74, 6) is -1.19. The summed E-state index contributed by atoms with van der Waals surface area (Å²) in [6.07, 6.45) is 1.72. The average molecular weight is 513 g/mol. The predicted molar refractivity (Wildman–Crippen MR) is 134 cm³/mol. The molecule has 1 aliphatic rings. The number of rotatable bonds is 8. The third-order valence-electron chi connectivity index (χ3n) is 5.99. The molecule has 4 rings (SSSR count). The van der Waals surface area contributed by atoms with Crippen LogP contribution < -0.4 is 0 Å². The van der Waals surface area contributed by atoms with Crippen molar-refractivity contribution in [2.75, 3.05) is 6.54 Å². The maximum Gasteiger partial charge on any atom is 2.00 e. The van der Waals surface area contributed by atoms with E-state index >= 15 is 0 Å². The van der Waals surface area contributed by atoms with Crippen molar-refractivity contribution in [3.8, 4) is 0 Å². The van der Waals surface area contributed by atoms with E-state index in [1.807, 2.05) is 66.7 Å². The van der Waals surface area contributed by atoms with Gasteiger partial charge in [-0.1, -0.05) is 84.9 Å². The Balaban J connectivity index is 0.00000342. The van der Waals surface area contributed by atoms with E-state index in [0.717, 1.165) is 24.9 Å². The van der Waals surface area contributed by atoms with Crippen LogP contribution in [0.2, 0.25) is 0 Å². The van der Waals surface area contributed by atoms with Crippen LogP contribution in [0, 0.1) is 0 Å². The molecule has 3 aromatic carbocycles. The summed E-state index contributed by atoms with van der Waals surface area (Å²) in [6.45, 7) is 3.10. The Morgan fingerprint density at radius 1 is 1.00 bits per heavy atom. The van der Waals surface area contributed by atoms with E-state index in [-0.39, 0.29) is 28.4 Å². The maximum atomic E-state index is 13.3. The molecule has 0 spiro atoms. The normalized spacial score (nSPS) is 16.8. The number of para-hydroxylation sites is 1. The molecule has 182 valence electrons. The van der Waals surface area contributed by atoms with Crippen LogP contribution in [0.4, 0.5) is 5.69 Å². The molecule has 0 saturated carbocycles. The first kappa shape index (κ1) is 26.3. The molecule has 1 aliphatic heterocycles. The number of amides is 1.